The first-order chi connectivity index (χ1) is 5.72. The van der Waals surface area contributed by atoms with Gasteiger partial charge in [0, 0.05) is 0 Å². The fourth-order valence-corrected chi connectivity index (χ4v) is 3.59. The minimum Gasteiger partial charge on any atom is -0.375 e. The molecule has 0 aromatic rings. The molecule has 1 saturated carbocycles. The van der Waals surface area contributed by atoms with E-state index in [0.29, 0.717) is 12.2 Å². The molecule has 2 aliphatic heterocycles. The first-order valence-electron chi connectivity index (χ1n) is 5.38. The Morgan fingerprint density at radius 2 is 2.08 bits per heavy atom. The Hall–Kier alpha value is -0.0400. The first-order valence-corrected chi connectivity index (χ1v) is 5.38. The van der Waals surface area contributed by atoms with Crippen molar-refractivity contribution in [2.24, 2.45) is 17.3 Å². The van der Waals surface area contributed by atoms with Crippen LogP contribution in [0.25, 0.3) is 0 Å². The minimum atomic E-state index is 0.635. The summed E-state index contributed by atoms with van der Waals surface area (Å²) in [5.41, 5.74) is 0.726. The fourth-order valence-electron chi connectivity index (χ4n) is 3.59. The van der Waals surface area contributed by atoms with Gasteiger partial charge in [-0.2, -0.15) is 0 Å². The Kier molecular flexibility index (Phi) is 1.27. The molecule has 0 aromatic carbocycles. The van der Waals surface area contributed by atoms with Crippen LogP contribution in [0.2, 0.25) is 0 Å². The zero-order valence-electron chi connectivity index (χ0n) is 8.05. The van der Waals surface area contributed by atoms with E-state index in [2.05, 4.69) is 13.8 Å². The molecule has 0 aromatic heterocycles. The first kappa shape index (κ1) is 7.37. The normalized spacial score (nSPS) is 55.8. The zero-order valence-corrected chi connectivity index (χ0v) is 8.05. The van der Waals surface area contributed by atoms with E-state index in [1.165, 1.54) is 25.7 Å². The lowest BCUT2D eigenvalue weighted by atomic mass is 9.83. The van der Waals surface area contributed by atoms with Gasteiger partial charge < -0.3 is 4.74 Å². The zero-order chi connectivity index (χ0) is 8.34. The number of fused-ring (bicyclic) bond motifs is 4. The highest BCUT2D eigenvalue weighted by Crippen LogP contribution is 2.68. The summed E-state index contributed by atoms with van der Waals surface area (Å²) in [7, 11) is 0. The van der Waals surface area contributed by atoms with E-state index in [1.54, 1.807) is 0 Å². The summed E-state index contributed by atoms with van der Waals surface area (Å²) in [6.45, 7) is 4.79. The maximum Gasteiger partial charge on any atom is 0.0613 e. The molecule has 0 amide bonds. The van der Waals surface area contributed by atoms with Crippen LogP contribution in [0.3, 0.4) is 0 Å². The predicted molar refractivity (Wildman–Crippen MR) is 47.9 cm³/mol. The van der Waals surface area contributed by atoms with Gasteiger partial charge in [0.1, 0.15) is 0 Å². The molecular weight excluding hydrogens is 148 g/mol. The molecular formula is C11H18O. The van der Waals surface area contributed by atoms with Gasteiger partial charge in [-0.25, -0.2) is 0 Å². The Morgan fingerprint density at radius 1 is 1.25 bits per heavy atom. The van der Waals surface area contributed by atoms with E-state index in [0.717, 1.165) is 17.3 Å². The van der Waals surface area contributed by atoms with Crippen molar-refractivity contribution >= 4 is 0 Å². The highest BCUT2D eigenvalue weighted by atomic mass is 16.5. The van der Waals surface area contributed by atoms with E-state index >= 15 is 0 Å². The van der Waals surface area contributed by atoms with E-state index < -0.39 is 0 Å². The molecule has 1 nitrogen and oxygen atoms in total. The smallest absolute Gasteiger partial charge is 0.0613 e. The second-order valence-electron chi connectivity index (χ2n) is 5.28. The van der Waals surface area contributed by atoms with Gasteiger partial charge in [-0.05, 0) is 42.9 Å². The largest absolute Gasteiger partial charge is 0.375 e. The number of ether oxygens (including phenoxy) is 1. The van der Waals surface area contributed by atoms with Crippen molar-refractivity contribution in [3.8, 4) is 0 Å². The van der Waals surface area contributed by atoms with Crippen molar-refractivity contribution in [3.05, 3.63) is 0 Å². The van der Waals surface area contributed by atoms with Crippen LogP contribution in [0.5, 0.6) is 0 Å². The SMILES string of the molecule is CC(C)[C@@]12C[C@@H]3CC[C@@H](O3)[C@@H]1C2. The van der Waals surface area contributed by atoms with Crippen molar-refractivity contribution in [1.82, 2.24) is 0 Å². The van der Waals surface area contributed by atoms with E-state index in [4.69, 9.17) is 4.74 Å². The van der Waals surface area contributed by atoms with Crippen LogP contribution in [0, 0.1) is 17.3 Å². The molecule has 4 atom stereocenters. The van der Waals surface area contributed by atoms with Crippen LogP contribution >= 0.6 is 0 Å². The lowest BCUT2D eigenvalue weighted by Gasteiger charge is -2.30. The summed E-state index contributed by atoms with van der Waals surface area (Å²) >= 11 is 0. The number of rotatable bonds is 1. The summed E-state index contributed by atoms with van der Waals surface area (Å²) in [6.07, 6.45) is 6.82. The molecule has 1 aliphatic carbocycles. The van der Waals surface area contributed by atoms with Gasteiger partial charge in [0.2, 0.25) is 0 Å². The van der Waals surface area contributed by atoms with Crippen molar-refractivity contribution in [2.45, 2.75) is 51.7 Å². The Balaban J connectivity index is 1.87. The Labute approximate surface area is 74.5 Å². The average molecular weight is 166 g/mol. The number of hydrogen-bond acceptors (Lipinski definition) is 1. The molecule has 0 unspecified atom stereocenters. The molecule has 0 N–H and O–H groups in total. The third-order valence-electron chi connectivity index (χ3n) is 4.53. The van der Waals surface area contributed by atoms with Crippen LogP contribution in [-0.2, 0) is 4.74 Å². The third-order valence-corrected chi connectivity index (χ3v) is 4.53. The highest BCUT2D eigenvalue weighted by Gasteiger charge is 2.64. The molecule has 2 saturated heterocycles. The van der Waals surface area contributed by atoms with Crippen molar-refractivity contribution in [3.63, 3.8) is 0 Å². The maximum atomic E-state index is 5.93. The fraction of sp³-hybridized carbons (Fsp3) is 1.00. The average Bonchev–Trinajstić information content (AvgIpc) is 2.63. The third kappa shape index (κ3) is 0.736. The molecule has 2 heterocycles. The summed E-state index contributed by atoms with van der Waals surface area (Å²) in [4.78, 5) is 0. The van der Waals surface area contributed by atoms with Crippen LogP contribution in [0.1, 0.15) is 39.5 Å². The van der Waals surface area contributed by atoms with Crippen molar-refractivity contribution in [1.29, 1.82) is 0 Å². The molecule has 0 radical (unpaired) electrons. The highest BCUT2D eigenvalue weighted by molar-refractivity contribution is 5.13. The van der Waals surface area contributed by atoms with E-state index in [-0.39, 0.29) is 0 Å². The Bertz CT molecular complexity index is 211. The van der Waals surface area contributed by atoms with Gasteiger partial charge in [0.05, 0.1) is 12.2 Å². The monoisotopic (exact) mass is 166 g/mol. The minimum absolute atomic E-state index is 0.635. The van der Waals surface area contributed by atoms with Crippen molar-refractivity contribution < 1.29 is 4.74 Å². The Morgan fingerprint density at radius 3 is 2.83 bits per heavy atom. The molecule has 68 valence electrons. The van der Waals surface area contributed by atoms with Gasteiger partial charge in [0.25, 0.3) is 0 Å². The molecule has 3 aliphatic rings. The molecule has 0 spiro atoms. The van der Waals surface area contributed by atoms with Gasteiger partial charge in [0.15, 0.2) is 0 Å². The molecule has 1 heteroatoms. The molecule has 2 bridgehead atoms. The predicted octanol–water partition coefficient (Wildman–Crippen LogP) is 2.60. The summed E-state index contributed by atoms with van der Waals surface area (Å²) in [6, 6.07) is 0. The van der Waals surface area contributed by atoms with Crippen LogP contribution in [0.15, 0.2) is 0 Å². The molecule has 12 heavy (non-hydrogen) atoms. The summed E-state index contributed by atoms with van der Waals surface area (Å²) in [5.74, 6) is 1.82. The summed E-state index contributed by atoms with van der Waals surface area (Å²) < 4.78 is 5.93. The standard InChI is InChI=1S/C11H18O/c1-7(2)11-5-8-3-4-10(12-8)9(11)6-11/h7-10H,3-6H2,1-2H3/t8-,9-,10+,11-/m0/s1. The van der Waals surface area contributed by atoms with Gasteiger partial charge >= 0.3 is 0 Å². The summed E-state index contributed by atoms with van der Waals surface area (Å²) in [5, 5.41) is 0. The van der Waals surface area contributed by atoms with E-state index in [9.17, 15) is 0 Å². The van der Waals surface area contributed by atoms with Gasteiger partial charge in [-0.3, -0.25) is 0 Å². The lowest BCUT2D eigenvalue weighted by molar-refractivity contribution is -0.0338. The van der Waals surface area contributed by atoms with Gasteiger partial charge in [-0.1, -0.05) is 13.8 Å². The second kappa shape index (κ2) is 2.06. The molecule has 3 fully saturated rings. The van der Waals surface area contributed by atoms with Crippen LogP contribution in [0.4, 0.5) is 0 Å². The quantitative estimate of drug-likeness (QED) is 0.582. The van der Waals surface area contributed by atoms with Crippen molar-refractivity contribution in [2.75, 3.05) is 0 Å². The second-order valence-corrected chi connectivity index (χ2v) is 5.28. The number of hydrogen-bond donors (Lipinski definition) is 0. The maximum absolute atomic E-state index is 5.93. The topological polar surface area (TPSA) is 9.23 Å². The lowest BCUT2D eigenvalue weighted by Crippen LogP contribution is -2.29. The van der Waals surface area contributed by atoms with E-state index in [1.807, 2.05) is 0 Å². The van der Waals surface area contributed by atoms with Crippen LogP contribution in [-0.4, -0.2) is 12.2 Å². The van der Waals surface area contributed by atoms with Gasteiger partial charge in [-0.15, -0.1) is 0 Å². The molecule has 3 rings (SSSR count). The van der Waals surface area contributed by atoms with Crippen LogP contribution < -0.4 is 0 Å².